The smallest absolute Gasteiger partial charge is 0.313 e. The van der Waals surface area contributed by atoms with Gasteiger partial charge in [0, 0.05) is 38.5 Å². The Kier molecular flexibility index (Phi) is 20.9. The number of carboxylic acid groups (broad SMARTS) is 2. The van der Waals surface area contributed by atoms with E-state index in [2.05, 4.69) is 0 Å². The molecule has 0 radical (unpaired) electrons. The molecule has 0 unspecified atom stereocenters. The molecule has 0 aliphatic rings. The van der Waals surface area contributed by atoms with Crippen LogP contribution in [-0.2, 0) is 38.2 Å². The highest BCUT2D eigenvalue weighted by molar-refractivity contribution is 5.85. The number of unbranched alkanes of at least 4 members (excludes halogenated alkanes) is 11. The Bertz CT molecular complexity index is 628. The molecule has 0 aliphatic heterocycles. The van der Waals surface area contributed by atoms with E-state index in [4.69, 9.17) is 19.7 Å². The van der Waals surface area contributed by atoms with Gasteiger partial charge in [0.25, 0.3) is 0 Å². The predicted octanol–water partition coefficient (Wildman–Crippen LogP) is 5.10. The summed E-state index contributed by atoms with van der Waals surface area (Å²) in [6, 6.07) is 0. The molecule has 0 aromatic heterocycles. The van der Waals surface area contributed by atoms with Crippen LogP contribution < -0.4 is 0 Å². The minimum absolute atomic E-state index is 0.122. The maximum atomic E-state index is 11.7. The quantitative estimate of drug-likeness (QED) is 0.107. The van der Waals surface area contributed by atoms with Crippen LogP contribution in [-0.4, -0.2) is 46.0 Å². The van der Waals surface area contributed by atoms with Crippen LogP contribution in [0.1, 0.15) is 128 Å². The molecule has 206 valence electrons. The summed E-state index contributed by atoms with van der Waals surface area (Å²) < 4.78 is 9.55. The van der Waals surface area contributed by atoms with E-state index < -0.39 is 35.8 Å². The Morgan fingerprint density at radius 3 is 0.750 bits per heavy atom. The molecule has 0 amide bonds. The Morgan fingerprint density at radius 1 is 0.333 bits per heavy atom. The van der Waals surface area contributed by atoms with Gasteiger partial charge in [0.1, 0.15) is 0 Å². The van der Waals surface area contributed by atoms with Gasteiger partial charge >= 0.3 is 35.8 Å². The number of rotatable bonds is 23. The zero-order valence-electron chi connectivity index (χ0n) is 21.3. The fourth-order valence-electron chi connectivity index (χ4n) is 3.50. The Morgan fingerprint density at radius 2 is 0.528 bits per heavy atom. The average Bonchev–Trinajstić information content (AvgIpc) is 2.79. The molecule has 2 N–H and O–H groups in total. The first-order chi connectivity index (χ1) is 17.2. The van der Waals surface area contributed by atoms with E-state index >= 15 is 0 Å². The number of ether oxygens (including phenoxy) is 2. The lowest BCUT2D eigenvalue weighted by Crippen LogP contribution is -2.12. The zero-order chi connectivity index (χ0) is 27.0. The Hall–Kier alpha value is -2.78. The van der Waals surface area contributed by atoms with Crippen molar-refractivity contribution in [2.75, 3.05) is 0 Å². The number of carboxylic acids is 2. The number of carbonyl (C=O) groups is 6. The van der Waals surface area contributed by atoms with Gasteiger partial charge in [-0.15, -0.1) is 0 Å². The van der Waals surface area contributed by atoms with Gasteiger partial charge in [-0.25, -0.2) is 0 Å². The number of aliphatic carboxylic acids is 2. The average molecular weight is 515 g/mol. The van der Waals surface area contributed by atoms with E-state index in [1.54, 1.807) is 0 Å². The van der Waals surface area contributed by atoms with Gasteiger partial charge in [0.2, 0.25) is 0 Å². The summed E-state index contributed by atoms with van der Waals surface area (Å²) in [5.74, 6) is -3.80. The molecular formula is C26H42O10. The predicted molar refractivity (Wildman–Crippen MR) is 130 cm³/mol. The number of carbonyl (C=O) groups excluding carboxylic acids is 4. The van der Waals surface area contributed by atoms with Crippen LogP contribution in [0.4, 0.5) is 0 Å². The standard InChI is InChI=1S/C26H42O10/c27-21(28)15-9-5-7-13-19-25(33)35-23(31)17-11-3-1-2-4-12-18-24(32)36-26(34)20-14-8-6-10-16-22(29)30/h1-20H2,(H,27,28)(H,29,30). The third kappa shape index (κ3) is 24.3. The molecule has 0 aromatic carbocycles. The monoisotopic (exact) mass is 514 g/mol. The van der Waals surface area contributed by atoms with E-state index in [0.29, 0.717) is 38.5 Å². The van der Waals surface area contributed by atoms with E-state index in [-0.39, 0.29) is 38.5 Å². The van der Waals surface area contributed by atoms with E-state index in [0.717, 1.165) is 51.4 Å². The lowest BCUT2D eigenvalue weighted by atomic mass is 10.1. The largest absolute Gasteiger partial charge is 0.481 e. The van der Waals surface area contributed by atoms with Crippen molar-refractivity contribution in [3.8, 4) is 0 Å². The second-order valence-corrected chi connectivity index (χ2v) is 8.93. The van der Waals surface area contributed by atoms with Crippen molar-refractivity contribution in [3.05, 3.63) is 0 Å². The minimum Gasteiger partial charge on any atom is -0.481 e. The summed E-state index contributed by atoms with van der Waals surface area (Å²) in [6.45, 7) is 0. The second-order valence-electron chi connectivity index (χ2n) is 8.93. The molecule has 10 heteroatoms. The molecule has 0 atom stereocenters. The van der Waals surface area contributed by atoms with Gasteiger partial charge < -0.3 is 19.7 Å². The maximum Gasteiger partial charge on any atom is 0.313 e. The van der Waals surface area contributed by atoms with Crippen molar-refractivity contribution < 1.29 is 48.5 Å². The third-order valence-electron chi connectivity index (χ3n) is 5.51. The number of esters is 4. The Balaban J connectivity index is 3.53. The fraction of sp³-hybridized carbons (Fsp3) is 0.769. The van der Waals surface area contributed by atoms with Crippen molar-refractivity contribution in [1.82, 2.24) is 0 Å². The molecule has 0 saturated carbocycles. The van der Waals surface area contributed by atoms with Gasteiger partial charge in [-0.3, -0.25) is 28.8 Å². The third-order valence-corrected chi connectivity index (χ3v) is 5.51. The van der Waals surface area contributed by atoms with Crippen molar-refractivity contribution in [1.29, 1.82) is 0 Å². The molecule has 0 rings (SSSR count). The summed E-state index contributed by atoms with van der Waals surface area (Å²) in [5, 5.41) is 17.1. The van der Waals surface area contributed by atoms with Crippen molar-refractivity contribution in [3.63, 3.8) is 0 Å². The molecule has 0 aromatic rings. The van der Waals surface area contributed by atoms with Crippen molar-refractivity contribution >= 4 is 35.8 Å². The molecule has 10 nitrogen and oxygen atoms in total. The molecule has 0 spiro atoms. The van der Waals surface area contributed by atoms with Crippen LogP contribution in [0.3, 0.4) is 0 Å². The normalized spacial score (nSPS) is 10.6. The molecule has 36 heavy (non-hydrogen) atoms. The van der Waals surface area contributed by atoms with Crippen LogP contribution in [0.25, 0.3) is 0 Å². The van der Waals surface area contributed by atoms with E-state index in [9.17, 15) is 28.8 Å². The van der Waals surface area contributed by atoms with Gasteiger partial charge in [-0.1, -0.05) is 51.4 Å². The highest BCUT2D eigenvalue weighted by Crippen LogP contribution is 2.12. The maximum absolute atomic E-state index is 11.7. The van der Waals surface area contributed by atoms with E-state index in [1.165, 1.54) is 0 Å². The molecule has 0 saturated heterocycles. The van der Waals surface area contributed by atoms with Crippen molar-refractivity contribution in [2.45, 2.75) is 128 Å². The highest BCUT2D eigenvalue weighted by atomic mass is 16.6. The molecule has 0 heterocycles. The van der Waals surface area contributed by atoms with E-state index in [1.807, 2.05) is 0 Å². The molecular weight excluding hydrogens is 472 g/mol. The van der Waals surface area contributed by atoms with Crippen LogP contribution in [0.5, 0.6) is 0 Å². The molecule has 0 fully saturated rings. The first-order valence-electron chi connectivity index (χ1n) is 13.1. The zero-order valence-corrected chi connectivity index (χ0v) is 21.3. The number of hydrogen-bond acceptors (Lipinski definition) is 8. The summed E-state index contributed by atoms with van der Waals surface area (Å²) in [7, 11) is 0. The van der Waals surface area contributed by atoms with Gasteiger partial charge in [0.05, 0.1) is 0 Å². The van der Waals surface area contributed by atoms with Gasteiger partial charge in [-0.05, 0) is 38.5 Å². The second kappa shape index (κ2) is 22.7. The first-order valence-corrected chi connectivity index (χ1v) is 13.1. The van der Waals surface area contributed by atoms with Crippen LogP contribution in [0.2, 0.25) is 0 Å². The first kappa shape index (κ1) is 33.2. The Labute approximate surface area is 213 Å². The molecule has 0 bridgehead atoms. The molecule has 0 aliphatic carbocycles. The van der Waals surface area contributed by atoms with Crippen LogP contribution in [0.15, 0.2) is 0 Å². The summed E-state index contributed by atoms with van der Waals surface area (Å²) in [5.41, 5.74) is 0. The lowest BCUT2D eigenvalue weighted by molar-refractivity contribution is -0.161. The van der Waals surface area contributed by atoms with Crippen LogP contribution >= 0.6 is 0 Å². The van der Waals surface area contributed by atoms with Gasteiger partial charge in [-0.2, -0.15) is 0 Å². The topological polar surface area (TPSA) is 161 Å². The summed E-state index contributed by atoms with van der Waals surface area (Å²) in [6.07, 6.45) is 10.7. The fourth-order valence-corrected chi connectivity index (χ4v) is 3.50. The number of hydrogen-bond donors (Lipinski definition) is 2. The highest BCUT2D eigenvalue weighted by Gasteiger charge is 2.11. The summed E-state index contributed by atoms with van der Waals surface area (Å²) >= 11 is 0. The van der Waals surface area contributed by atoms with Gasteiger partial charge in [0.15, 0.2) is 0 Å². The SMILES string of the molecule is O=C(O)CCCCCCC(=O)OC(=O)CCCCCCCCC(=O)OC(=O)CCCCCCC(=O)O. The lowest BCUT2D eigenvalue weighted by Gasteiger charge is -2.05. The van der Waals surface area contributed by atoms with Crippen molar-refractivity contribution in [2.24, 2.45) is 0 Å². The minimum atomic E-state index is -0.829. The summed E-state index contributed by atoms with van der Waals surface area (Å²) in [4.78, 5) is 67.4. The van der Waals surface area contributed by atoms with Crippen LogP contribution in [0, 0.1) is 0 Å².